The van der Waals surface area contributed by atoms with E-state index in [4.69, 9.17) is 4.74 Å². The molecule has 1 N–H and O–H groups in total. The number of piperazine rings is 1. The van der Waals surface area contributed by atoms with Crippen LogP contribution < -0.4 is 5.32 Å². The number of nitrogens with one attached hydrogen (secondary N) is 1. The molecule has 10 heteroatoms. The molecule has 5 atom stereocenters. The molecule has 0 bridgehead atoms. The Hall–Kier alpha value is -3.61. The lowest BCUT2D eigenvalue weighted by atomic mass is 9.90. The molecule has 0 saturated carbocycles. The number of benzene rings is 1. The first-order chi connectivity index (χ1) is 18.5. The van der Waals surface area contributed by atoms with Crippen LogP contribution in [-0.2, 0) is 19.1 Å². The maximum absolute atomic E-state index is 14.1. The number of rotatable bonds is 3. The van der Waals surface area contributed by atoms with E-state index < -0.39 is 23.8 Å². The second-order valence-corrected chi connectivity index (χ2v) is 11.8. The van der Waals surface area contributed by atoms with Gasteiger partial charge < -0.3 is 24.8 Å². The number of hydrogen-bond donors (Lipinski definition) is 1. The van der Waals surface area contributed by atoms with Gasteiger partial charge in [0.05, 0.1) is 24.6 Å². The van der Waals surface area contributed by atoms with Crippen LogP contribution in [0.2, 0.25) is 0 Å². The van der Waals surface area contributed by atoms with Crippen LogP contribution in [0.5, 0.6) is 0 Å². The third-order valence-electron chi connectivity index (χ3n) is 7.83. The number of alkyl carbamates (subject to hydrolysis) is 1. The molecule has 39 heavy (non-hydrogen) atoms. The van der Waals surface area contributed by atoms with Crippen molar-refractivity contribution in [3.8, 4) is 6.07 Å². The zero-order chi connectivity index (χ0) is 28.3. The minimum absolute atomic E-state index is 0.0826. The molecule has 0 unspecified atom stereocenters. The van der Waals surface area contributed by atoms with Crippen molar-refractivity contribution < 1.29 is 23.9 Å². The summed E-state index contributed by atoms with van der Waals surface area (Å²) in [5, 5.41) is 12.6. The molecule has 3 saturated heterocycles. The molecule has 0 aliphatic carbocycles. The van der Waals surface area contributed by atoms with Crippen molar-refractivity contribution >= 4 is 23.8 Å². The van der Waals surface area contributed by atoms with Gasteiger partial charge in [-0.05, 0) is 39.2 Å². The van der Waals surface area contributed by atoms with Gasteiger partial charge >= 0.3 is 6.09 Å². The molecule has 0 radical (unpaired) electrons. The van der Waals surface area contributed by atoms with Crippen molar-refractivity contribution in [1.29, 1.82) is 5.26 Å². The largest absolute Gasteiger partial charge is 0.444 e. The van der Waals surface area contributed by atoms with E-state index in [1.165, 1.54) is 6.92 Å². The van der Waals surface area contributed by atoms with Crippen molar-refractivity contribution in [2.24, 2.45) is 5.92 Å². The minimum Gasteiger partial charge on any atom is -0.444 e. The van der Waals surface area contributed by atoms with Crippen LogP contribution >= 0.6 is 0 Å². The summed E-state index contributed by atoms with van der Waals surface area (Å²) in [4.78, 5) is 58.0. The molecule has 1 aromatic carbocycles. The summed E-state index contributed by atoms with van der Waals surface area (Å²) < 4.78 is 5.40. The number of carbonyl (C=O) groups excluding carboxylic acids is 4. The summed E-state index contributed by atoms with van der Waals surface area (Å²) in [6, 6.07) is 9.97. The van der Waals surface area contributed by atoms with Crippen molar-refractivity contribution in [1.82, 2.24) is 20.0 Å². The van der Waals surface area contributed by atoms with Crippen LogP contribution in [0.1, 0.15) is 64.9 Å². The first kappa shape index (κ1) is 28.4. The van der Waals surface area contributed by atoms with Gasteiger partial charge in [-0.25, -0.2) is 4.79 Å². The Morgan fingerprint density at radius 1 is 1.00 bits per heavy atom. The van der Waals surface area contributed by atoms with Gasteiger partial charge in [-0.15, -0.1) is 0 Å². The second kappa shape index (κ2) is 11.6. The Morgan fingerprint density at radius 3 is 2.33 bits per heavy atom. The fraction of sp³-hybridized carbons (Fsp3) is 0.621. The molecule has 4 amide bonds. The van der Waals surface area contributed by atoms with E-state index in [1.807, 2.05) is 30.3 Å². The smallest absolute Gasteiger partial charge is 0.408 e. The molecule has 3 heterocycles. The van der Waals surface area contributed by atoms with E-state index in [0.29, 0.717) is 25.9 Å². The molecule has 10 nitrogen and oxygen atoms in total. The zero-order valence-electron chi connectivity index (χ0n) is 23.3. The number of fused-ring (bicyclic) bond motifs is 1. The normalized spacial score (nSPS) is 27.6. The van der Waals surface area contributed by atoms with Crippen LogP contribution in [0.4, 0.5) is 4.79 Å². The highest BCUT2D eigenvalue weighted by atomic mass is 16.6. The number of hydrogen-bond acceptors (Lipinski definition) is 6. The molecule has 4 rings (SSSR count). The lowest BCUT2D eigenvalue weighted by Gasteiger charge is -2.48. The Balaban J connectivity index is 1.60. The maximum atomic E-state index is 14.1. The van der Waals surface area contributed by atoms with Crippen molar-refractivity contribution in [2.45, 2.75) is 83.0 Å². The summed E-state index contributed by atoms with van der Waals surface area (Å²) in [5.74, 6) is -1.25. The van der Waals surface area contributed by atoms with Crippen LogP contribution in [0, 0.1) is 17.2 Å². The lowest BCUT2D eigenvalue weighted by molar-refractivity contribution is -0.158. The van der Waals surface area contributed by atoms with E-state index in [0.717, 1.165) is 18.4 Å². The number of nitrogens with zero attached hydrogens (tertiary/aromatic N) is 4. The fourth-order valence-electron chi connectivity index (χ4n) is 5.97. The standard InChI is InChI=1S/C29H39N5O5/c1-19(35)32-16-22-12-8-9-13-24(31-28(38)39-29(2,3)4)26(36)34(22)25(18-32)27(37)33-15-21(14-30)23(17-33)20-10-6-5-7-11-20/h5-7,10-11,21-25H,8-9,12-13,15-18H2,1-4H3,(H,31,38)/t21-,22-,23+,24-,25-/m0/s1. The Bertz CT molecular complexity index is 1130. The highest BCUT2D eigenvalue weighted by molar-refractivity contribution is 5.93. The highest BCUT2D eigenvalue weighted by Crippen LogP contribution is 2.34. The number of amides is 4. The first-order valence-corrected chi connectivity index (χ1v) is 13.8. The molecular formula is C29H39N5O5. The van der Waals surface area contributed by atoms with Crippen molar-refractivity contribution in [3.05, 3.63) is 35.9 Å². The quantitative estimate of drug-likeness (QED) is 0.632. The van der Waals surface area contributed by atoms with E-state index in [1.54, 1.807) is 35.5 Å². The van der Waals surface area contributed by atoms with Gasteiger partial charge in [0.2, 0.25) is 17.7 Å². The Labute approximate surface area is 230 Å². The van der Waals surface area contributed by atoms with Crippen LogP contribution in [-0.4, -0.2) is 88.4 Å². The van der Waals surface area contributed by atoms with Crippen molar-refractivity contribution in [3.63, 3.8) is 0 Å². The molecule has 3 fully saturated rings. The first-order valence-electron chi connectivity index (χ1n) is 13.8. The van der Waals surface area contributed by atoms with E-state index in [9.17, 15) is 24.4 Å². The van der Waals surface area contributed by atoms with Gasteiger partial charge in [-0.2, -0.15) is 5.26 Å². The molecule has 1 aromatic rings. The summed E-state index contributed by atoms with van der Waals surface area (Å²) in [7, 11) is 0. The predicted molar refractivity (Wildman–Crippen MR) is 143 cm³/mol. The van der Waals surface area contributed by atoms with E-state index in [2.05, 4.69) is 11.4 Å². The summed E-state index contributed by atoms with van der Waals surface area (Å²) in [5.41, 5.74) is 0.279. The van der Waals surface area contributed by atoms with Gasteiger partial charge in [0.15, 0.2) is 0 Å². The minimum atomic E-state index is -0.893. The van der Waals surface area contributed by atoms with Gasteiger partial charge in [0, 0.05) is 32.5 Å². The molecule has 0 aromatic heterocycles. The summed E-state index contributed by atoms with van der Waals surface area (Å²) in [6.45, 7) is 7.79. The monoisotopic (exact) mass is 537 g/mol. The molecule has 0 spiro atoms. The van der Waals surface area contributed by atoms with Gasteiger partial charge in [-0.3, -0.25) is 14.4 Å². The average molecular weight is 538 g/mol. The summed E-state index contributed by atoms with van der Waals surface area (Å²) in [6.07, 6.45) is 1.94. The topological polar surface area (TPSA) is 123 Å². The van der Waals surface area contributed by atoms with E-state index in [-0.39, 0.29) is 48.7 Å². The van der Waals surface area contributed by atoms with Crippen LogP contribution in [0.25, 0.3) is 0 Å². The molecular weight excluding hydrogens is 498 g/mol. The molecule has 3 aliphatic rings. The average Bonchev–Trinajstić information content (AvgIpc) is 3.32. The van der Waals surface area contributed by atoms with Gasteiger partial charge in [0.25, 0.3) is 0 Å². The summed E-state index contributed by atoms with van der Waals surface area (Å²) >= 11 is 0. The van der Waals surface area contributed by atoms with Gasteiger partial charge in [-0.1, -0.05) is 43.2 Å². The Kier molecular flexibility index (Phi) is 8.48. The van der Waals surface area contributed by atoms with Crippen LogP contribution in [0.15, 0.2) is 30.3 Å². The maximum Gasteiger partial charge on any atom is 0.408 e. The predicted octanol–water partition coefficient (Wildman–Crippen LogP) is 2.65. The van der Waals surface area contributed by atoms with Crippen molar-refractivity contribution in [2.75, 3.05) is 26.2 Å². The highest BCUT2D eigenvalue weighted by Gasteiger charge is 2.48. The number of ether oxygens (including phenoxy) is 1. The van der Waals surface area contributed by atoms with Gasteiger partial charge in [0.1, 0.15) is 17.7 Å². The third-order valence-corrected chi connectivity index (χ3v) is 7.83. The van der Waals surface area contributed by atoms with Crippen LogP contribution in [0.3, 0.4) is 0 Å². The second-order valence-electron chi connectivity index (χ2n) is 11.8. The Morgan fingerprint density at radius 2 is 1.69 bits per heavy atom. The lowest BCUT2D eigenvalue weighted by Crippen LogP contribution is -2.68. The number of likely N-dealkylation sites (tertiary alicyclic amines) is 1. The molecule has 3 aliphatic heterocycles. The third kappa shape index (κ3) is 6.52. The number of nitriles is 1. The SMILES string of the molecule is CC(=O)N1C[C@@H]2CCCC[C@H](NC(=O)OC(C)(C)C)C(=O)N2[C@H](C(=O)N2C[C@H](c3ccccc3)[C@@H](C#N)C2)C1. The zero-order valence-corrected chi connectivity index (χ0v) is 23.3. The fourth-order valence-corrected chi connectivity index (χ4v) is 5.97. The van der Waals surface area contributed by atoms with E-state index >= 15 is 0 Å². The number of carbonyl (C=O) groups is 4. The molecule has 210 valence electrons.